The smallest absolute Gasteiger partial charge is 0.360 e. The van der Waals surface area contributed by atoms with Crippen molar-refractivity contribution in [3.05, 3.63) is 30.0 Å². The van der Waals surface area contributed by atoms with Crippen molar-refractivity contribution in [1.82, 2.24) is 5.16 Å². The molecule has 1 N–H and O–H groups in total. The summed E-state index contributed by atoms with van der Waals surface area (Å²) < 4.78 is 15.4. The fraction of sp³-hybridized carbons (Fsp3) is 0.333. The van der Waals surface area contributed by atoms with E-state index in [1.807, 2.05) is 13.8 Å². The number of phenols is 1. The summed E-state index contributed by atoms with van der Waals surface area (Å²) >= 11 is 0. The number of esters is 1. The SMILES string of the molecule is CCOC(=O)c1cc(-c2ccc(OC(C)C)c(O)c2)on1. The molecular weight excluding hydrogens is 274 g/mol. The Bertz CT molecular complexity index is 633. The van der Waals surface area contributed by atoms with Crippen molar-refractivity contribution in [3.63, 3.8) is 0 Å². The van der Waals surface area contributed by atoms with Crippen LogP contribution < -0.4 is 4.74 Å². The van der Waals surface area contributed by atoms with Gasteiger partial charge in [0.05, 0.1) is 12.7 Å². The normalized spacial score (nSPS) is 10.7. The van der Waals surface area contributed by atoms with Gasteiger partial charge in [-0.25, -0.2) is 4.79 Å². The maximum absolute atomic E-state index is 11.5. The number of aromatic nitrogens is 1. The minimum Gasteiger partial charge on any atom is -0.504 e. The summed E-state index contributed by atoms with van der Waals surface area (Å²) in [5, 5.41) is 13.6. The molecule has 1 aromatic heterocycles. The second-order valence-corrected chi connectivity index (χ2v) is 4.65. The number of carbonyl (C=O) groups is 1. The third-order valence-corrected chi connectivity index (χ3v) is 2.60. The summed E-state index contributed by atoms with van der Waals surface area (Å²) in [6.07, 6.45) is -0.0394. The maximum Gasteiger partial charge on any atom is 0.360 e. The van der Waals surface area contributed by atoms with Crippen LogP contribution in [0.15, 0.2) is 28.8 Å². The summed E-state index contributed by atoms with van der Waals surface area (Å²) in [4.78, 5) is 11.5. The first-order chi connectivity index (χ1) is 10.0. The summed E-state index contributed by atoms with van der Waals surface area (Å²) in [7, 11) is 0. The van der Waals surface area contributed by atoms with Gasteiger partial charge in [0.1, 0.15) is 0 Å². The number of carbonyl (C=O) groups excluding carboxylic acids is 1. The molecule has 112 valence electrons. The van der Waals surface area contributed by atoms with Gasteiger partial charge in [-0.3, -0.25) is 0 Å². The third-order valence-electron chi connectivity index (χ3n) is 2.60. The van der Waals surface area contributed by atoms with Gasteiger partial charge >= 0.3 is 5.97 Å². The maximum atomic E-state index is 11.5. The average molecular weight is 291 g/mol. The van der Waals surface area contributed by atoms with Crippen LogP contribution in [0.2, 0.25) is 0 Å². The topological polar surface area (TPSA) is 81.8 Å². The molecule has 0 radical (unpaired) electrons. The van der Waals surface area contributed by atoms with E-state index < -0.39 is 5.97 Å². The van der Waals surface area contributed by atoms with Gasteiger partial charge in [0.2, 0.25) is 0 Å². The first-order valence-corrected chi connectivity index (χ1v) is 6.65. The minimum absolute atomic E-state index is 0.00437. The highest BCUT2D eigenvalue weighted by Gasteiger charge is 2.16. The molecule has 2 rings (SSSR count). The molecule has 0 saturated heterocycles. The Morgan fingerprint density at radius 2 is 2.14 bits per heavy atom. The van der Waals surface area contributed by atoms with E-state index in [9.17, 15) is 9.90 Å². The lowest BCUT2D eigenvalue weighted by atomic mass is 10.1. The molecule has 6 nitrogen and oxygen atoms in total. The standard InChI is InChI=1S/C15H17NO5/c1-4-19-15(18)11-8-14(21-16-11)10-5-6-13(12(17)7-10)20-9(2)3/h5-9,17H,4H2,1-3H3. The quantitative estimate of drug-likeness (QED) is 0.853. The molecule has 6 heteroatoms. The van der Waals surface area contributed by atoms with Crippen LogP contribution in [0.1, 0.15) is 31.3 Å². The Hall–Kier alpha value is -2.50. The predicted octanol–water partition coefficient (Wildman–Crippen LogP) is 3.01. The molecule has 0 aliphatic rings. The molecule has 0 aliphatic heterocycles. The van der Waals surface area contributed by atoms with Crippen LogP contribution in [0.3, 0.4) is 0 Å². The zero-order valence-corrected chi connectivity index (χ0v) is 12.1. The number of benzene rings is 1. The molecule has 0 saturated carbocycles. The molecule has 0 atom stereocenters. The lowest BCUT2D eigenvalue weighted by molar-refractivity contribution is 0.0514. The van der Waals surface area contributed by atoms with Crippen molar-refractivity contribution in [2.75, 3.05) is 6.61 Å². The molecule has 21 heavy (non-hydrogen) atoms. The number of aromatic hydroxyl groups is 1. The minimum atomic E-state index is -0.545. The molecule has 0 unspecified atom stereocenters. The van der Waals surface area contributed by atoms with Gasteiger partial charge in [-0.1, -0.05) is 5.16 Å². The van der Waals surface area contributed by atoms with Gasteiger partial charge in [-0.2, -0.15) is 0 Å². The van der Waals surface area contributed by atoms with Crippen LogP contribution in [-0.2, 0) is 4.74 Å². The fourth-order valence-corrected chi connectivity index (χ4v) is 1.74. The molecule has 1 aromatic carbocycles. The van der Waals surface area contributed by atoms with Crippen LogP contribution in [0.25, 0.3) is 11.3 Å². The number of hydrogen-bond acceptors (Lipinski definition) is 6. The van der Waals surface area contributed by atoms with Crippen molar-refractivity contribution < 1.29 is 23.9 Å². The molecule has 0 bridgehead atoms. The van der Waals surface area contributed by atoms with Gasteiger partial charge in [0, 0.05) is 11.6 Å². The van der Waals surface area contributed by atoms with Crippen molar-refractivity contribution >= 4 is 5.97 Å². The second-order valence-electron chi connectivity index (χ2n) is 4.65. The van der Waals surface area contributed by atoms with E-state index in [-0.39, 0.29) is 24.2 Å². The highest BCUT2D eigenvalue weighted by atomic mass is 16.5. The zero-order valence-electron chi connectivity index (χ0n) is 12.1. The molecule has 2 aromatic rings. The third kappa shape index (κ3) is 3.53. The monoisotopic (exact) mass is 291 g/mol. The summed E-state index contributed by atoms with van der Waals surface area (Å²) in [5.41, 5.74) is 0.681. The van der Waals surface area contributed by atoms with E-state index in [1.54, 1.807) is 19.1 Å². The van der Waals surface area contributed by atoms with Crippen molar-refractivity contribution in [2.45, 2.75) is 26.9 Å². The van der Waals surface area contributed by atoms with Crippen molar-refractivity contribution in [3.8, 4) is 22.8 Å². The lowest BCUT2D eigenvalue weighted by Gasteiger charge is -2.11. The Morgan fingerprint density at radius 3 is 2.76 bits per heavy atom. The van der Waals surface area contributed by atoms with E-state index in [0.717, 1.165) is 0 Å². The number of rotatable bonds is 5. The zero-order chi connectivity index (χ0) is 15.4. The van der Waals surface area contributed by atoms with E-state index >= 15 is 0 Å². The summed E-state index contributed by atoms with van der Waals surface area (Å²) in [5.74, 6) is 0.204. The molecular formula is C15H17NO5. The van der Waals surface area contributed by atoms with Gasteiger partial charge in [-0.15, -0.1) is 0 Å². The van der Waals surface area contributed by atoms with Crippen molar-refractivity contribution in [2.24, 2.45) is 0 Å². The van der Waals surface area contributed by atoms with E-state index in [4.69, 9.17) is 14.0 Å². The largest absolute Gasteiger partial charge is 0.504 e. The van der Waals surface area contributed by atoms with Gasteiger partial charge in [-0.05, 0) is 39.0 Å². The van der Waals surface area contributed by atoms with E-state index in [2.05, 4.69) is 5.16 Å². The van der Waals surface area contributed by atoms with Crippen LogP contribution in [0.4, 0.5) is 0 Å². The Balaban J connectivity index is 2.23. The first kappa shape index (κ1) is 14.9. The van der Waals surface area contributed by atoms with Crippen LogP contribution in [0.5, 0.6) is 11.5 Å². The Labute approximate surface area is 122 Å². The second kappa shape index (κ2) is 6.30. The summed E-state index contributed by atoms with van der Waals surface area (Å²) in [6.45, 7) is 5.72. The molecule has 0 amide bonds. The van der Waals surface area contributed by atoms with E-state index in [1.165, 1.54) is 12.1 Å². The van der Waals surface area contributed by atoms with Gasteiger partial charge in [0.25, 0.3) is 0 Å². The Morgan fingerprint density at radius 1 is 1.38 bits per heavy atom. The molecule has 0 aliphatic carbocycles. The molecule has 0 fully saturated rings. The molecule has 0 spiro atoms. The average Bonchev–Trinajstić information content (AvgIpc) is 2.90. The van der Waals surface area contributed by atoms with E-state index in [0.29, 0.717) is 17.1 Å². The number of hydrogen-bond donors (Lipinski definition) is 1. The molecule has 1 heterocycles. The van der Waals surface area contributed by atoms with Crippen LogP contribution >= 0.6 is 0 Å². The fourth-order valence-electron chi connectivity index (χ4n) is 1.74. The lowest BCUT2D eigenvalue weighted by Crippen LogP contribution is -2.05. The van der Waals surface area contributed by atoms with Crippen LogP contribution in [0, 0.1) is 0 Å². The first-order valence-electron chi connectivity index (χ1n) is 6.65. The highest BCUT2D eigenvalue weighted by molar-refractivity contribution is 5.88. The predicted molar refractivity (Wildman–Crippen MR) is 75.3 cm³/mol. The highest BCUT2D eigenvalue weighted by Crippen LogP contribution is 2.32. The van der Waals surface area contributed by atoms with Gasteiger partial charge < -0.3 is 19.1 Å². The van der Waals surface area contributed by atoms with Crippen molar-refractivity contribution in [1.29, 1.82) is 0 Å². The van der Waals surface area contributed by atoms with Crippen LogP contribution in [-0.4, -0.2) is 28.9 Å². The Kier molecular flexibility index (Phi) is 4.47. The number of ether oxygens (including phenoxy) is 2. The van der Waals surface area contributed by atoms with Gasteiger partial charge in [0.15, 0.2) is 23.0 Å². The number of nitrogens with zero attached hydrogens (tertiary/aromatic N) is 1. The number of phenolic OH excluding ortho intramolecular Hbond substituents is 1. The summed E-state index contributed by atoms with van der Waals surface area (Å²) in [6, 6.07) is 6.31.